The molecule has 0 heterocycles. The van der Waals surface area contributed by atoms with Gasteiger partial charge in [0.15, 0.2) is 0 Å². The summed E-state index contributed by atoms with van der Waals surface area (Å²) in [5.41, 5.74) is 3.78. The molecule has 1 nitrogen and oxygen atoms in total. The molecule has 182 valence electrons. The zero-order chi connectivity index (χ0) is 23.3. The Morgan fingerprint density at radius 3 is 2.19 bits per heavy atom. The van der Waals surface area contributed by atoms with E-state index in [1.807, 2.05) is 0 Å². The highest BCUT2D eigenvalue weighted by Crippen LogP contribution is 2.89. The van der Waals surface area contributed by atoms with Gasteiger partial charge in [-0.2, -0.15) is 0 Å². The van der Waals surface area contributed by atoms with Crippen molar-refractivity contribution in [1.29, 1.82) is 0 Å². The molecule has 1 N–H and O–H groups in total. The topological polar surface area (TPSA) is 20.2 Å². The van der Waals surface area contributed by atoms with E-state index in [4.69, 9.17) is 6.58 Å². The number of aliphatic hydroxyl groups is 1. The maximum Gasteiger partial charge on any atom is 0.0594 e. The summed E-state index contributed by atoms with van der Waals surface area (Å²) in [4.78, 5) is 0. The molecule has 0 bridgehead atoms. The first-order chi connectivity index (χ1) is 14.9. The normalized spacial score (nSPS) is 51.9. The molecule has 5 aliphatic rings. The molecule has 5 saturated carbocycles. The second kappa shape index (κ2) is 7.11. The fourth-order valence-corrected chi connectivity index (χ4v) is 10.9. The van der Waals surface area contributed by atoms with Crippen LogP contribution in [0.25, 0.3) is 0 Å². The molecule has 0 saturated heterocycles. The monoisotopic (exact) mass is 440 g/mol. The Labute approximate surface area is 199 Å². The molecule has 5 rings (SSSR count). The number of aliphatic hydroxyl groups excluding tert-OH is 1. The Kier molecular flexibility index (Phi) is 5.21. The summed E-state index contributed by atoms with van der Waals surface area (Å²) in [6.07, 6.45) is 14.7. The molecule has 5 aliphatic carbocycles. The molecule has 1 heteroatoms. The van der Waals surface area contributed by atoms with Crippen LogP contribution in [0.1, 0.15) is 119 Å². The first-order valence-electron chi connectivity index (χ1n) is 14.2. The van der Waals surface area contributed by atoms with Gasteiger partial charge >= 0.3 is 0 Å². The van der Waals surface area contributed by atoms with Gasteiger partial charge in [0.1, 0.15) is 0 Å². The van der Waals surface area contributed by atoms with Crippen LogP contribution in [0.4, 0.5) is 0 Å². The minimum absolute atomic E-state index is 0.0933. The van der Waals surface area contributed by atoms with Crippen LogP contribution < -0.4 is 0 Å². The summed E-state index contributed by atoms with van der Waals surface area (Å²) in [5.74, 6) is 3.96. The van der Waals surface area contributed by atoms with E-state index in [0.29, 0.717) is 21.7 Å². The van der Waals surface area contributed by atoms with E-state index < -0.39 is 0 Å². The van der Waals surface area contributed by atoms with Gasteiger partial charge in [-0.05, 0) is 127 Å². The van der Waals surface area contributed by atoms with Crippen molar-refractivity contribution >= 4 is 0 Å². The lowest BCUT2D eigenvalue weighted by molar-refractivity contribution is -0.157. The van der Waals surface area contributed by atoms with E-state index in [1.165, 1.54) is 64.2 Å². The van der Waals surface area contributed by atoms with Crippen molar-refractivity contribution in [2.45, 2.75) is 125 Å². The second-order valence-corrected chi connectivity index (χ2v) is 14.9. The smallest absolute Gasteiger partial charge is 0.0594 e. The Morgan fingerprint density at radius 2 is 1.50 bits per heavy atom. The molecule has 0 unspecified atom stereocenters. The predicted octanol–water partition coefficient (Wildman–Crippen LogP) is 8.41. The molecular formula is C31H52O. The van der Waals surface area contributed by atoms with Gasteiger partial charge in [-0.15, -0.1) is 0 Å². The Hall–Kier alpha value is -0.300. The number of fused-ring (bicyclic) bond motifs is 2. The van der Waals surface area contributed by atoms with Crippen molar-refractivity contribution in [2.75, 3.05) is 0 Å². The van der Waals surface area contributed by atoms with E-state index in [9.17, 15) is 5.11 Å². The van der Waals surface area contributed by atoms with Gasteiger partial charge in [0, 0.05) is 0 Å². The summed E-state index contributed by atoms with van der Waals surface area (Å²) in [6, 6.07) is 0. The van der Waals surface area contributed by atoms with Gasteiger partial charge in [-0.25, -0.2) is 0 Å². The molecule has 32 heavy (non-hydrogen) atoms. The van der Waals surface area contributed by atoms with Crippen molar-refractivity contribution in [3.05, 3.63) is 12.2 Å². The lowest BCUT2D eigenvalue weighted by atomic mass is 9.42. The minimum Gasteiger partial charge on any atom is -0.393 e. The van der Waals surface area contributed by atoms with Gasteiger partial charge < -0.3 is 5.11 Å². The van der Waals surface area contributed by atoms with E-state index >= 15 is 0 Å². The molecule has 0 aromatic carbocycles. The van der Waals surface area contributed by atoms with Crippen LogP contribution in [0.5, 0.6) is 0 Å². The summed E-state index contributed by atoms with van der Waals surface area (Å²) >= 11 is 0. The molecule has 0 aliphatic heterocycles. The first-order valence-corrected chi connectivity index (χ1v) is 14.2. The zero-order valence-corrected chi connectivity index (χ0v) is 22.4. The van der Waals surface area contributed by atoms with Crippen LogP contribution in [0.15, 0.2) is 12.2 Å². The maximum atomic E-state index is 10.9. The highest BCUT2D eigenvalue weighted by atomic mass is 16.3. The van der Waals surface area contributed by atoms with Crippen molar-refractivity contribution in [3.8, 4) is 0 Å². The molecule has 9 atom stereocenters. The molecule has 0 aromatic heterocycles. The third-order valence-electron chi connectivity index (χ3n) is 13.6. The van der Waals surface area contributed by atoms with Gasteiger partial charge in [0.25, 0.3) is 0 Å². The number of rotatable bonds is 5. The molecule has 0 amide bonds. The predicted molar refractivity (Wildman–Crippen MR) is 135 cm³/mol. The Balaban J connectivity index is 1.39. The highest BCUT2D eigenvalue weighted by Gasteiger charge is 2.82. The standard InChI is InChI=1S/C31H52O/c1-20(2)21(3)9-10-22(4)23-13-15-29(8)25-12-11-24-27(5,6)26(32)14-16-30(24)19-31(25,30)18-17-28(23,29)7/h20-21,23-26,32H,4,9-19H2,1-3,5-8H3/t21-,23-,24-,25+,26+,28-,29+,30-,31+/m1/s1. The summed E-state index contributed by atoms with van der Waals surface area (Å²) < 4.78 is 0. The fourth-order valence-electron chi connectivity index (χ4n) is 10.9. The Bertz CT molecular complexity index is 779. The maximum absolute atomic E-state index is 10.9. The lowest BCUT2D eigenvalue weighted by Gasteiger charge is -2.63. The number of hydrogen-bond donors (Lipinski definition) is 1. The SMILES string of the molecule is C=C(CC[C@@H](C)C(C)C)[C@H]1CC[C@@]2(C)[C@@H]3CC[C@@H]4C(C)(C)[C@@H](O)CC[C@@]45C[C@@]35CC[C@]12C. The average Bonchev–Trinajstić information content (AvgIpc) is 3.31. The number of allylic oxidation sites excluding steroid dienone is 1. The molecule has 0 radical (unpaired) electrons. The largest absolute Gasteiger partial charge is 0.393 e. The second-order valence-electron chi connectivity index (χ2n) is 14.9. The van der Waals surface area contributed by atoms with Crippen LogP contribution >= 0.6 is 0 Å². The average molecular weight is 441 g/mol. The summed E-state index contributed by atoms with van der Waals surface area (Å²) in [7, 11) is 0. The van der Waals surface area contributed by atoms with Crippen LogP contribution in [0, 0.1) is 56.7 Å². The first kappa shape index (κ1) is 23.4. The summed E-state index contributed by atoms with van der Waals surface area (Å²) in [5, 5.41) is 10.9. The quantitative estimate of drug-likeness (QED) is 0.425. The van der Waals surface area contributed by atoms with Crippen molar-refractivity contribution in [3.63, 3.8) is 0 Å². The Morgan fingerprint density at radius 1 is 0.844 bits per heavy atom. The van der Waals surface area contributed by atoms with Gasteiger partial charge in [-0.3, -0.25) is 0 Å². The molecular weight excluding hydrogens is 388 g/mol. The van der Waals surface area contributed by atoms with Crippen molar-refractivity contribution < 1.29 is 5.11 Å². The highest BCUT2D eigenvalue weighted by molar-refractivity contribution is 5.31. The molecule has 2 spiro atoms. The van der Waals surface area contributed by atoms with Gasteiger partial charge in [-0.1, -0.05) is 60.6 Å². The molecule has 5 fully saturated rings. The van der Waals surface area contributed by atoms with E-state index in [1.54, 1.807) is 5.57 Å². The molecule has 0 aromatic rings. The van der Waals surface area contributed by atoms with Crippen molar-refractivity contribution in [2.24, 2.45) is 56.7 Å². The third-order valence-corrected chi connectivity index (χ3v) is 13.6. The van der Waals surface area contributed by atoms with Crippen molar-refractivity contribution in [1.82, 2.24) is 0 Å². The fraction of sp³-hybridized carbons (Fsp3) is 0.935. The van der Waals surface area contributed by atoms with Gasteiger partial charge in [0.05, 0.1) is 6.10 Å². The zero-order valence-electron chi connectivity index (χ0n) is 22.4. The van der Waals surface area contributed by atoms with Crippen LogP contribution in [-0.2, 0) is 0 Å². The van der Waals surface area contributed by atoms with E-state index in [2.05, 4.69) is 48.5 Å². The minimum atomic E-state index is -0.0933. The van der Waals surface area contributed by atoms with E-state index in [-0.39, 0.29) is 11.5 Å². The third kappa shape index (κ3) is 2.73. The van der Waals surface area contributed by atoms with Crippen LogP contribution in [0.2, 0.25) is 0 Å². The van der Waals surface area contributed by atoms with E-state index in [0.717, 1.165) is 36.0 Å². The lowest BCUT2D eigenvalue weighted by Crippen LogP contribution is -2.57. The summed E-state index contributed by atoms with van der Waals surface area (Å²) in [6.45, 7) is 22.1. The van der Waals surface area contributed by atoms with Crippen LogP contribution in [-0.4, -0.2) is 11.2 Å². The van der Waals surface area contributed by atoms with Gasteiger partial charge in [0.2, 0.25) is 0 Å². The number of hydrogen-bond acceptors (Lipinski definition) is 1. The van der Waals surface area contributed by atoms with Crippen LogP contribution in [0.3, 0.4) is 0 Å².